The van der Waals surface area contributed by atoms with Crippen molar-refractivity contribution in [3.63, 3.8) is 0 Å². The maximum Gasteiger partial charge on any atom is 0.113 e. The van der Waals surface area contributed by atoms with Gasteiger partial charge in [-0.25, -0.2) is 9.36 Å². The molecule has 1 N–H and O–H groups in total. The predicted molar refractivity (Wildman–Crippen MR) is 92.5 cm³/mol. The molecule has 0 aliphatic heterocycles. The van der Waals surface area contributed by atoms with Crippen LogP contribution in [0.2, 0.25) is 0 Å². The highest BCUT2D eigenvalue weighted by Crippen LogP contribution is 2.14. The van der Waals surface area contributed by atoms with Crippen molar-refractivity contribution in [2.24, 2.45) is 14.1 Å². The van der Waals surface area contributed by atoms with Crippen molar-refractivity contribution in [3.8, 4) is 0 Å². The Labute approximate surface area is 143 Å². The van der Waals surface area contributed by atoms with E-state index in [9.17, 15) is 0 Å². The first kappa shape index (κ1) is 16.4. The minimum absolute atomic E-state index is 0.0567. The van der Waals surface area contributed by atoms with Crippen LogP contribution in [0.15, 0.2) is 36.4 Å². The Hall–Kier alpha value is -2.51. The number of aryl methyl sites for hydroxylation is 2. The summed E-state index contributed by atoms with van der Waals surface area (Å²) < 4.78 is 3.43. The molecule has 0 bridgehead atoms. The van der Waals surface area contributed by atoms with Gasteiger partial charge in [0.05, 0.1) is 17.6 Å². The summed E-state index contributed by atoms with van der Waals surface area (Å²) in [6.07, 6.45) is 0. The Morgan fingerprint density at radius 3 is 1.88 bits per heavy atom. The molecule has 7 nitrogen and oxygen atoms in total. The third kappa shape index (κ3) is 3.22. The lowest BCUT2D eigenvalue weighted by Crippen LogP contribution is -1.90. The highest BCUT2D eigenvalue weighted by atomic mass is 35.5. The van der Waals surface area contributed by atoms with Gasteiger partial charge < -0.3 is 5.11 Å². The van der Waals surface area contributed by atoms with E-state index in [0.29, 0.717) is 5.88 Å². The Morgan fingerprint density at radius 1 is 0.875 bits per heavy atom. The molecule has 2 heterocycles. The van der Waals surface area contributed by atoms with Crippen LogP contribution in [0.5, 0.6) is 0 Å². The SMILES string of the molecule is Cn1nnc2ccc(CCl)cc21.Cn1nnc2ccc(CO)cc21. The first-order chi connectivity index (χ1) is 11.6. The molecule has 0 unspecified atom stereocenters. The van der Waals surface area contributed by atoms with Crippen LogP contribution >= 0.6 is 11.6 Å². The molecular formula is C16H17ClN6O. The summed E-state index contributed by atoms with van der Waals surface area (Å²) in [5.74, 6) is 0.529. The van der Waals surface area contributed by atoms with E-state index in [-0.39, 0.29) is 6.61 Å². The maximum atomic E-state index is 8.88. The second-order valence-electron chi connectivity index (χ2n) is 5.36. The van der Waals surface area contributed by atoms with Crippen molar-refractivity contribution in [2.45, 2.75) is 12.5 Å². The number of aliphatic hydroxyl groups is 1. The molecule has 8 heteroatoms. The standard InChI is InChI=1S/C8H8ClN3.C8H9N3O/c1-12-8-4-6(5-9)2-3-7(8)10-11-12;1-11-8-4-6(5-12)2-3-7(8)9-10-11/h2-4H,5H2,1H3;2-4,12H,5H2,1H3. The van der Waals surface area contributed by atoms with E-state index in [1.165, 1.54) is 0 Å². The van der Waals surface area contributed by atoms with E-state index >= 15 is 0 Å². The largest absolute Gasteiger partial charge is 0.392 e. The summed E-state index contributed by atoms with van der Waals surface area (Å²) in [4.78, 5) is 0. The van der Waals surface area contributed by atoms with Crippen LogP contribution < -0.4 is 0 Å². The normalized spacial score (nSPS) is 10.8. The zero-order valence-corrected chi connectivity index (χ0v) is 14.1. The van der Waals surface area contributed by atoms with Crippen molar-refractivity contribution < 1.29 is 5.11 Å². The Balaban J connectivity index is 0.000000141. The van der Waals surface area contributed by atoms with Gasteiger partial charge in [-0.05, 0) is 35.4 Å². The molecule has 0 saturated heterocycles. The van der Waals surface area contributed by atoms with E-state index in [1.807, 2.05) is 50.5 Å². The van der Waals surface area contributed by atoms with Gasteiger partial charge in [-0.15, -0.1) is 21.8 Å². The number of aliphatic hydroxyl groups excluding tert-OH is 1. The average Bonchev–Trinajstić information content (AvgIpc) is 3.18. The van der Waals surface area contributed by atoms with E-state index in [4.69, 9.17) is 16.7 Å². The number of benzene rings is 2. The smallest absolute Gasteiger partial charge is 0.113 e. The molecular weight excluding hydrogens is 328 g/mol. The Morgan fingerprint density at radius 2 is 1.38 bits per heavy atom. The van der Waals surface area contributed by atoms with Gasteiger partial charge in [0.2, 0.25) is 0 Å². The number of hydrogen-bond acceptors (Lipinski definition) is 5. The van der Waals surface area contributed by atoms with Crippen LogP contribution in [0.4, 0.5) is 0 Å². The van der Waals surface area contributed by atoms with Gasteiger partial charge in [0.15, 0.2) is 0 Å². The molecule has 4 aromatic rings. The van der Waals surface area contributed by atoms with Crippen LogP contribution in [0.1, 0.15) is 11.1 Å². The highest BCUT2D eigenvalue weighted by molar-refractivity contribution is 6.17. The molecule has 0 aliphatic rings. The lowest BCUT2D eigenvalue weighted by atomic mass is 10.2. The van der Waals surface area contributed by atoms with Crippen molar-refractivity contribution in [2.75, 3.05) is 0 Å². The van der Waals surface area contributed by atoms with Crippen LogP contribution in [0, 0.1) is 0 Å². The van der Waals surface area contributed by atoms with Gasteiger partial charge >= 0.3 is 0 Å². The van der Waals surface area contributed by atoms with Crippen molar-refractivity contribution in [3.05, 3.63) is 47.5 Å². The lowest BCUT2D eigenvalue weighted by molar-refractivity contribution is 0.282. The van der Waals surface area contributed by atoms with Crippen molar-refractivity contribution >= 4 is 33.7 Å². The highest BCUT2D eigenvalue weighted by Gasteiger charge is 2.01. The monoisotopic (exact) mass is 344 g/mol. The van der Waals surface area contributed by atoms with E-state index in [0.717, 1.165) is 33.2 Å². The van der Waals surface area contributed by atoms with Crippen molar-refractivity contribution in [1.29, 1.82) is 0 Å². The number of alkyl halides is 1. The lowest BCUT2D eigenvalue weighted by Gasteiger charge is -1.95. The number of rotatable bonds is 2. The predicted octanol–water partition coefficient (Wildman–Crippen LogP) is 2.17. The fourth-order valence-corrected chi connectivity index (χ4v) is 2.50. The third-order valence-electron chi connectivity index (χ3n) is 3.69. The number of fused-ring (bicyclic) bond motifs is 2. The molecule has 0 fully saturated rings. The Kier molecular flexibility index (Phi) is 4.73. The molecule has 4 rings (SSSR count). The second kappa shape index (κ2) is 6.94. The fourth-order valence-electron chi connectivity index (χ4n) is 2.33. The van der Waals surface area contributed by atoms with Gasteiger partial charge in [0.1, 0.15) is 11.0 Å². The number of halogens is 1. The zero-order chi connectivity index (χ0) is 17.1. The fraction of sp³-hybridized carbons (Fsp3) is 0.250. The van der Waals surface area contributed by atoms with Crippen LogP contribution in [-0.4, -0.2) is 35.1 Å². The van der Waals surface area contributed by atoms with Gasteiger partial charge in [0, 0.05) is 20.0 Å². The second-order valence-corrected chi connectivity index (χ2v) is 5.63. The molecule has 2 aromatic carbocycles. The van der Waals surface area contributed by atoms with E-state index < -0.39 is 0 Å². The maximum absolute atomic E-state index is 8.88. The molecule has 0 aliphatic carbocycles. The minimum Gasteiger partial charge on any atom is -0.392 e. The summed E-state index contributed by atoms with van der Waals surface area (Å²) in [7, 11) is 3.70. The number of aromatic nitrogens is 6. The minimum atomic E-state index is 0.0567. The Bertz CT molecular complexity index is 897. The van der Waals surface area contributed by atoms with Crippen LogP contribution in [0.25, 0.3) is 22.1 Å². The molecule has 124 valence electrons. The summed E-state index contributed by atoms with van der Waals surface area (Å²) in [5, 5.41) is 24.5. The molecule has 0 amide bonds. The zero-order valence-electron chi connectivity index (χ0n) is 13.4. The molecule has 0 atom stereocenters. The summed E-state index contributed by atoms with van der Waals surface area (Å²) in [6.45, 7) is 0.0567. The first-order valence-corrected chi connectivity index (χ1v) is 7.89. The molecule has 24 heavy (non-hydrogen) atoms. The third-order valence-corrected chi connectivity index (χ3v) is 4.00. The summed E-state index contributed by atoms with van der Waals surface area (Å²) in [5.41, 5.74) is 5.71. The quantitative estimate of drug-likeness (QED) is 0.563. The first-order valence-electron chi connectivity index (χ1n) is 7.36. The topological polar surface area (TPSA) is 81.7 Å². The van der Waals surface area contributed by atoms with Crippen LogP contribution in [-0.2, 0) is 26.6 Å². The summed E-state index contributed by atoms with van der Waals surface area (Å²) >= 11 is 5.70. The van der Waals surface area contributed by atoms with Crippen LogP contribution in [0.3, 0.4) is 0 Å². The molecule has 0 spiro atoms. The summed E-state index contributed by atoms with van der Waals surface area (Å²) in [6, 6.07) is 11.5. The van der Waals surface area contributed by atoms with E-state index in [2.05, 4.69) is 20.6 Å². The molecule has 2 aromatic heterocycles. The molecule has 0 saturated carbocycles. The van der Waals surface area contributed by atoms with Gasteiger partial charge in [0.25, 0.3) is 0 Å². The van der Waals surface area contributed by atoms with Gasteiger partial charge in [-0.3, -0.25) is 0 Å². The average molecular weight is 345 g/mol. The van der Waals surface area contributed by atoms with E-state index in [1.54, 1.807) is 9.36 Å². The van der Waals surface area contributed by atoms with Gasteiger partial charge in [-0.1, -0.05) is 22.6 Å². The number of nitrogens with zero attached hydrogens (tertiary/aromatic N) is 6. The van der Waals surface area contributed by atoms with Gasteiger partial charge in [-0.2, -0.15) is 0 Å². The molecule has 0 radical (unpaired) electrons. The number of hydrogen-bond donors (Lipinski definition) is 1. The van der Waals surface area contributed by atoms with Crippen molar-refractivity contribution in [1.82, 2.24) is 30.0 Å².